The van der Waals surface area contributed by atoms with Crippen LogP contribution in [0.5, 0.6) is 0 Å². The van der Waals surface area contributed by atoms with E-state index < -0.39 is 0 Å². The Morgan fingerprint density at radius 2 is 1.07 bits per heavy atom. The summed E-state index contributed by atoms with van der Waals surface area (Å²) in [5.41, 5.74) is 5.27. The van der Waals surface area contributed by atoms with E-state index in [1.807, 2.05) is 12.2 Å². The van der Waals surface area contributed by atoms with Gasteiger partial charge in [-0.25, -0.2) is 8.97 Å². The second kappa shape index (κ2) is 6.68. The van der Waals surface area contributed by atoms with Crippen LogP contribution in [0.15, 0.2) is 61.7 Å². The van der Waals surface area contributed by atoms with E-state index in [4.69, 9.17) is 0 Å². The Morgan fingerprint density at radius 3 is 1.43 bits per heavy atom. The van der Waals surface area contributed by atoms with Crippen molar-refractivity contribution in [3.63, 3.8) is 0 Å². The molecule has 2 aromatic rings. The average Bonchev–Trinajstić information content (AvgIpc) is 2.67. The van der Waals surface area contributed by atoms with Crippen molar-refractivity contribution in [2.75, 3.05) is 40.0 Å². The van der Waals surface area contributed by atoms with Crippen LogP contribution in [0.4, 0.5) is 0 Å². The predicted octanol–water partition coefficient (Wildman–Crippen LogP) is 3.70. The summed E-state index contributed by atoms with van der Waals surface area (Å²) in [7, 11) is 0. The maximum atomic E-state index is 3.88. The largest absolute Gasteiger partial charge is 0.248 e. The SMILES string of the molecule is C=Cc1ccc(C[N+]23CN4CN(C2)C[N+](Cc2ccc(C=C)cc2)(C4)C3)cc1. The van der Waals surface area contributed by atoms with Crippen molar-refractivity contribution in [3.8, 4) is 0 Å². The fraction of sp³-hybridized carbons (Fsp3) is 0.333. The highest BCUT2D eigenvalue weighted by Gasteiger charge is 2.57. The van der Waals surface area contributed by atoms with Crippen molar-refractivity contribution >= 4 is 12.2 Å². The third kappa shape index (κ3) is 3.23. The Kier molecular flexibility index (Phi) is 4.25. The summed E-state index contributed by atoms with van der Waals surface area (Å²) < 4.78 is 2.30. The van der Waals surface area contributed by atoms with Crippen molar-refractivity contribution in [1.82, 2.24) is 9.80 Å². The maximum absolute atomic E-state index is 3.88. The van der Waals surface area contributed by atoms with Crippen LogP contribution in [-0.2, 0) is 13.1 Å². The molecule has 0 aromatic heterocycles. The van der Waals surface area contributed by atoms with E-state index in [2.05, 4.69) is 71.5 Å². The molecule has 0 radical (unpaired) electrons. The summed E-state index contributed by atoms with van der Waals surface area (Å²) in [5.74, 6) is 0. The van der Waals surface area contributed by atoms with E-state index in [-0.39, 0.29) is 0 Å². The highest BCUT2D eigenvalue weighted by Crippen LogP contribution is 2.37. The molecule has 0 spiro atoms. The van der Waals surface area contributed by atoms with Gasteiger partial charge in [-0.2, -0.15) is 9.80 Å². The second-order valence-corrected chi connectivity index (χ2v) is 9.08. The molecule has 4 heteroatoms. The van der Waals surface area contributed by atoms with Gasteiger partial charge < -0.3 is 0 Å². The molecule has 144 valence electrons. The van der Waals surface area contributed by atoms with Crippen molar-refractivity contribution in [2.45, 2.75) is 13.1 Å². The van der Waals surface area contributed by atoms with Gasteiger partial charge in [0.15, 0.2) is 0 Å². The lowest BCUT2D eigenvalue weighted by Gasteiger charge is -2.63. The molecule has 0 aliphatic carbocycles. The lowest BCUT2D eigenvalue weighted by Crippen LogP contribution is -2.84. The zero-order valence-electron chi connectivity index (χ0n) is 16.6. The molecule has 4 heterocycles. The van der Waals surface area contributed by atoms with Gasteiger partial charge in [0.25, 0.3) is 0 Å². The van der Waals surface area contributed by atoms with Crippen LogP contribution in [0, 0.1) is 0 Å². The molecule has 28 heavy (non-hydrogen) atoms. The standard InChI is InChI=1S/C24H30N4/c1-3-21-5-9-23(10-6-21)13-27-16-25-15-26(17-27)19-28(18-25,20-27)14-24-11-7-22(4-2)8-12-24/h3-12H,1-2,13-20H2/q+2. The summed E-state index contributed by atoms with van der Waals surface area (Å²) in [6.07, 6.45) is 3.84. The topological polar surface area (TPSA) is 6.48 Å². The average molecular weight is 375 g/mol. The van der Waals surface area contributed by atoms with Gasteiger partial charge in [-0.1, -0.05) is 73.8 Å². The van der Waals surface area contributed by atoms with Crippen molar-refractivity contribution in [2.24, 2.45) is 0 Å². The summed E-state index contributed by atoms with van der Waals surface area (Å²) in [4.78, 5) is 5.32. The number of quaternary nitrogens is 2. The van der Waals surface area contributed by atoms with Crippen LogP contribution < -0.4 is 0 Å². The van der Waals surface area contributed by atoms with Crippen LogP contribution in [-0.4, -0.2) is 58.8 Å². The molecule has 6 rings (SSSR count). The molecule has 0 saturated carbocycles. The van der Waals surface area contributed by atoms with E-state index in [1.165, 1.54) is 55.6 Å². The quantitative estimate of drug-likeness (QED) is 0.712. The van der Waals surface area contributed by atoms with Crippen LogP contribution in [0.3, 0.4) is 0 Å². The first-order chi connectivity index (χ1) is 13.6. The fourth-order valence-electron chi connectivity index (χ4n) is 5.75. The van der Waals surface area contributed by atoms with E-state index in [1.54, 1.807) is 0 Å². The Morgan fingerprint density at radius 1 is 0.679 bits per heavy atom. The van der Waals surface area contributed by atoms with E-state index >= 15 is 0 Å². The Balaban J connectivity index is 1.39. The van der Waals surface area contributed by atoms with Gasteiger partial charge in [0, 0.05) is 11.1 Å². The summed E-state index contributed by atoms with van der Waals surface area (Å²) in [5, 5.41) is 0. The molecule has 0 unspecified atom stereocenters. The molecule has 2 aromatic carbocycles. The first-order valence-electron chi connectivity index (χ1n) is 10.2. The third-order valence-electron chi connectivity index (χ3n) is 6.47. The fourth-order valence-corrected chi connectivity index (χ4v) is 5.75. The monoisotopic (exact) mass is 374 g/mol. The van der Waals surface area contributed by atoms with Crippen molar-refractivity contribution < 1.29 is 8.97 Å². The predicted molar refractivity (Wildman–Crippen MR) is 114 cm³/mol. The molecular weight excluding hydrogens is 344 g/mol. The number of rotatable bonds is 6. The molecule has 4 saturated heterocycles. The molecule has 4 nitrogen and oxygen atoms in total. The van der Waals surface area contributed by atoms with E-state index in [9.17, 15) is 0 Å². The zero-order chi connectivity index (χ0) is 19.2. The van der Waals surface area contributed by atoms with Crippen LogP contribution in [0.1, 0.15) is 22.3 Å². The zero-order valence-corrected chi connectivity index (χ0v) is 16.6. The Hall–Kier alpha value is -2.24. The van der Waals surface area contributed by atoms with Crippen LogP contribution in [0.2, 0.25) is 0 Å². The molecule has 0 N–H and O–H groups in total. The minimum Gasteiger partial charge on any atom is -0.248 e. The molecule has 0 amide bonds. The van der Waals surface area contributed by atoms with Gasteiger partial charge in [-0.15, -0.1) is 0 Å². The first kappa shape index (κ1) is 17.8. The lowest BCUT2D eigenvalue weighted by atomic mass is 10.1. The Bertz CT molecular complexity index is 798. The molecule has 4 aliphatic heterocycles. The van der Waals surface area contributed by atoms with Crippen molar-refractivity contribution in [3.05, 3.63) is 83.9 Å². The minimum atomic E-state index is 1.11. The van der Waals surface area contributed by atoms with Crippen molar-refractivity contribution in [1.29, 1.82) is 0 Å². The summed E-state index contributed by atoms with van der Waals surface area (Å²) in [6.45, 7) is 17.0. The van der Waals surface area contributed by atoms with Gasteiger partial charge in [0.2, 0.25) is 6.67 Å². The molecule has 0 atom stereocenters. The van der Waals surface area contributed by atoms with Gasteiger partial charge in [0.1, 0.15) is 39.8 Å². The minimum absolute atomic E-state index is 1.11. The highest BCUT2D eigenvalue weighted by molar-refractivity contribution is 5.47. The molecular formula is C24H30N4+2. The van der Waals surface area contributed by atoms with E-state index in [0.29, 0.717) is 0 Å². The smallest absolute Gasteiger partial charge is 0.212 e. The Labute approximate surface area is 168 Å². The van der Waals surface area contributed by atoms with E-state index in [0.717, 1.165) is 28.7 Å². The second-order valence-electron chi connectivity index (χ2n) is 9.08. The molecule has 4 aliphatic rings. The number of benzene rings is 2. The van der Waals surface area contributed by atoms with Gasteiger partial charge in [-0.3, -0.25) is 0 Å². The van der Waals surface area contributed by atoms with Gasteiger partial charge in [0.05, 0.1) is 6.67 Å². The van der Waals surface area contributed by atoms with Crippen LogP contribution in [0.25, 0.3) is 12.2 Å². The summed E-state index contributed by atoms with van der Waals surface area (Å²) in [6, 6.07) is 17.9. The normalized spacial score (nSPS) is 33.0. The number of nitrogens with zero attached hydrogens (tertiary/aromatic N) is 4. The lowest BCUT2D eigenvalue weighted by molar-refractivity contribution is -1.18. The number of hydrogen-bond donors (Lipinski definition) is 0. The molecule has 4 fully saturated rings. The number of hydrogen-bond acceptors (Lipinski definition) is 2. The first-order valence-corrected chi connectivity index (χ1v) is 10.2. The maximum Gasteiger partial charge on any atom is 0.212 e. The van der Waals surface area contributed by atoms with Gasteiger partial charge in [-0.05, 0) is 11.1 Å². The van der Waals surface area contributed by atoms with Gasteiger partial charge >= 0.3 is 0 Å². The summed E-state index contributed by atoms with van der Waals surface area (Å²) >= 11 is 0. The highest BCUT2D eigenvalue weighted by atomic mass is 15.8. The molecule has 4 bridgehead atoms. The third-order valence-corrected chi connectivity index (χ3v) is 6.47. The van der Waals surface area contributed by atoms with Crippen LogP contribution >= 0.6 is 0 Å².